The van der Waals surface area contributed by atoms with Gasteiger partial charge in [-0.3, -0.25) is 4.79 Å². The van der Waals surface area contributed by atoms with Crippen molar-refractivity contribution < 1.29 is 4.79 Å². The first-order chi connectivity index (χ1) is 13.3. The molecule has 0 saturated carbocycles. The second kappa shape index (κ2) is 8.74. The van der Waals surface area contributed by atoms with Crippen molar-refractivity contribution in [3.8, 4) is 0 Å². The van der Waals surface area contributed by atoms with Crippen LogP contribution in [0.15, 0.2) is 66.0 Å². The van der Waals surface area contributed by atoms with Gasteiger partial charge in [-0.05, 0) is 59.0 Å². The Labute approximate surface area is 172 Å². The van der Waals surface area contributed by atoms with E-state index in [1.807, 2.05) is 23.1 Å². The number of thiophene rings is 1. The molecule has 2 aromatic carbocycles. The van der Waals surface area contributed by atoms with Crippen LogP contribution in [-0.2, 0) is 18.4 Å². The molecule has 0 aliphatic rings. The van der Waals surface area contributed by atoms with Crippen LogP contribution in [-0.4, -0.2) is 17.4 Å². The van der Waals surface area contributed by atoms with E-state index in [1.165, 1.54) is 21.6 Å². The quantitative estimate of drug-likeness (QED) is 0.487. The molecule has 1 heterocycles. The molecule has 3 rings (SSSR count). The molecule has 1 amide bonds. The third-order valence-corrected chi connectivity index (χ3v) is 6.11. The Morgan fingerprint density at radius 1 is 0.964 bits per heavy atom. The zero-order chi connectivity index (χ0) is 20.1. The molecule has 0 saturated heterocycles. The Morgan fingerprint density at radius 2 is 1.64 bits per heavy atom. The summed E-state index contributed by atoms with van der Waals surface area (Å²) in [4.78, 5) is 16.5. The van der Waals surface area contributed by atoms with Gasteiger partial charge < -0.3 is 4.90 Å². The van der Waals surface area contributed by atoms with Gasteiger partial charge in [0.1, 0.15) is 0 Å². The molecular weight excluding hydrogens is 362 g/mol. The van der Waals surface area contributed by atoms with E-state index in [-0.39, 0.29) is 11.3 Å². The fourth-order valence-electron chi connectivity index (χ4n) is 3.20. The summed E-state index contributed by atoms with van der Waals surface area (Å²) in [6, 6.07) is 20.6. The average molecular weight is 392 g/mol. The minimum absolute atomic E-state index is 0.0860. The number of hydrogen-bond donors (Lipinski definition) is 0. The molecule has 3 heteroatoms. The number of carbonyl (C=O) groups is 1. The van der Waals surface area contributed by atoms with Gasteiger partial charge >= 0.3 is 0 Å². The highest BCUT2D eigenvalue weighted by molar-refractivity contribution is 7.10. The second-order valence-electron chi connectivity index (χ2n) is 8.32. The van der Waals surface area contributed by atoms with Gasteiger partial charge in [-0.1, -0.05) is 63.2 Å². The van der Waals surface area contributed by atoms with E-state index in [0.29, 0.717) is 13.1 Å². The third kappa shape index (κ3) is 5.11. The Morgan fingerprint density at radius 3 is 2.21 bits per heavy atom. The molecular formula is C25H29NOS. The minimum atomic E-state index is 0.0860. The van der Waals surface area contributed by atoms with Crippen LogP contribution in [0.25, 0.3) is 0 Å². The summed E-state index contributed by atoms with van der Waals surface area (Å²) in [6.07, 6.45) is 0.858. The number of hydrogen-bond acceptors (Lipinski definition) is 2. The summed E-state index contributed by atoms with van der Waals surface area (Å²) >= 11 is 1.72. The van der Waals surface area contributed by atoms with Crippen LogP contribution in [0.5, 0.6) is 0 Å². The average Bonchev–Trinajstić information content (AvgIpc) is 3.09. The lowest BCUT2D eigenvalue weighted by Crippen LogP contribution is -2.32. The Balaban J connectivity index is 1.80. The topological polar surface area (TPSA) is 20.3 Å². The molecule has 0 aliphatic heterocycles. The second-order valence-corrected chi connectivity index (χ2v) is 9.32. The number of benzene rings is 2. The smallest absolute Gasteiger partial charge is 0.254 e. The van der Waals surface area contributed by atoms with E-state index in [9.17, 15) is 4.79 Å². The van der Waals surface area contributed by atoms with Crippen LogP contribution in [0.4, 0.5) is 0 Å². The molecule has 0 bridgehead atoms. The maximum Gasteiger partial charge on any atom is 0.254 e. The molecule has 0 radical (unpaired) electrons. The van der Waals surface area contributed by atoms with E-state index in [2.05, 4.69) is 75.5 Å². The monoisotopic (exact) mass is 391 g/mol. The standard InChI is InChI=1S/C25H29NOS/c1-19-15-17-28-23(19)18-26(16-14-20-8-6-5-7-9-20)24(27)21-10-12-22(13-11-21)25(2,3)4/h5-13,15,17H,14,16,18H2,1-4H3. The zero-order valence-corrected chi connectivity index (χ0v) is 18.1. The Kier molecular flexibility index (Phi) is 6.35. The number of aryl methyl sites for hydroxylation is 1. The van der Waals surface area contributed by atoms with Crippen LogP contribution in [0.2, 0.25) is 0 Å². The van der Waals surface area contributed by atoms with Crippen LogP contribution in [0.3, 0.4) is 0 Å². The number of rotatable bonds is 6. The van der Waals surface area contributed by atoms with Gasteiger partial charge in [0.15, 0.2) is 0 Å². The van der Waals surface area contributed by atoms with Crippen molar-refractivity contribution in [3.05, 3.63) is 93.2 Å². The first-order valence-electron chi connectivity index (χ1n) is 9.81. The largest absolute Gasteiger partial charge is 0.333 e. The first-order valence-corrected chi connectivity index (χ1v) is 10.7. The highest BCUT2D eigenvalue weighted by Gasteiger charge is 2.19. The normalized spacial score (nSPS) is 11.4. The number of amides is 1. The summed E-state index contributed by atoms with van der Waals surface area (Å²) in [5.74, 6) is 0.101. The van der Waals surface area contributed by atoms with Crippen LogP contribution in [0.1, 0.15) is 52.7 Å². The Bertz CT molecular complexity index is 904. The van der Waals surface area contributed by atoms with Gasteiger partial charge in [0.2, 0.25) is 0 Å². The molecule has 146 valence electrons. The summed E-state index contributed by atoms with van der Waals surface area (Å²) in [6.45, 7) is 10.1. The van der Waals surface area contributed by atoms with Gasteiger partial charge in [-0.15, -0.1) is 11.3 Å². The van der Waals surface area contributed by atoms with Crippen molar-refractivity contribution in [1.82, 2.24) is 4.90 Å². The van der Waals surface area contributed by atoms with E-state index < -0.39 is 0 Å². The molecule has 0 atom stereocenters. The molecule has 3 aromatic rings. The van der Waals surface area contributed by atoms with E-state index in [4.69, 9.17) is 0 Å². The van der Waals surface area contributed by atoms with Crippen molar-refractivity contribution in [3.63, 3.8) is 0 Å². The van der Waals surface area contributed by atoms with Crippen molar-refractivity contribution in [2.75, 3.05) is 6.54 Å². The highest BCUT2D eigenvalue weighted by Crippen LogP contribution is 2.24. The van der Waals surface area contributed by atoms with Crippen molar-refractivity contribution in [2.24, 2.45) is 0 Å². The summed E-state index contributed by atoms with van der Waals surface area (Å²) in [5, 5.41) is 2.10. The van der Waals surface area contributed by atoms with Gasteiger partial charge in [0.25, 0.3) is 5.91 Å². The number of nitrogens with zero attached hydrogens (tertiary/aromatic N) is 1. The Hall–Kier alpha value is -2.39. The SMILES string of the molecule is Cc1ccsc1CN(CCc1ccccc1)C(=O)c1ccc(C(C)(C)C)cc1. The first kappa shape index (κ1) is 20.3. The predicted octanol–water partition coefficient (Wildman–Crippen LogP) is 6.24. The molecule has 0 spiro atoms. The molecule has 2 nitrogen and oxygen atoms in total. The molecule has 28 heavy (non-hydrogen) atoms. The minimum Gasteiger partial charge on any atom is -0.333 e. The maximum atomic E-state index is 13.3. The van der Waals surface area contributed by atoms with E-state index in [0.717, 1.165) is 12.0 Å². The summed E-state index contributed by atoms with van der Waals surface area (Å²) < 4.78 is 0. The lowest BCUT2D eigenvalue weighted by molar-refractivity contribution is 0.0746. The van der Waals surface area contributed by atoms with Gasteiger partial charge in [-0.2, -0.15) is 0 Å². The van der Waals surface area contributed by atoms with Crippen molar-refractivity contribution >= 4 is 17.2 Å². The zero-order valence-electron chi connectivity index (χ0n) is 17.2. The maximum absolute atomic E-state index is 13.3. The molecule has 0 unspecified atom stereocenters. The molecule has 0 aliphatic carbocycles. The summed E-state index contributed by atoms with van der Waals surface area (Å²) in [7, 11) is 0. The van der Waals surface area contributed by atoms with Crippen LogP contribution in [0, 0.1) is 6.92 Å². The van der Waals surface area contributed by atoms with Gasteiger partial charge in [-0.25, -0.2) is 0 Å². The van der Waals surface area contributed by atoms with Crippen molar-refractivity contribution in [2.45, 2.75) is 46.1 Å². The van der Waals surface area contributed by atoms with Gasteiger partial charge in [0, 0.05) is 17.0 Å². The number of carbonyl (C=O) groups excluding carboxylic acids is 1. The fraction of sp³-hybridized carbons (Fsp3) is 0.320. The van der Waals surface area contributed by atoms with Crippen LogP contribution >= 0.6 is 11.3 Å². The third-order valence-electron chi connectivity index (χ3n) is 5.10. The molecule has 0 N–H and O–H groups in total. The lowest BCUT2D eigenvalue weighted by Gasteiger charge is -2.24. The lowest BCUT2D eigenvalue weighted by atomic mass is 9.86. The molecule has 1 aromatic heterocycles. The molecule has 0 fully saturated rings. The van der Waals surface area contributed by atoms with Crippen molar-refractivity contribution in [1.29, 1.82) is 0 Å². The predicted molar refractivity (Wildman–Crippen MR) is 119 cm³/mol. The summed E-state index contributed by atoms with van der Waals surface area (Å²) in [5.41, 5.74) is 4.60. The highest BCUT2D eigenvalue weighted by atomic mass is 32.1. The van der Waals surface area contributed by atoms with Gasteiger partial charge in [0.05, 0.1) is 6.54 Å². The van der Waals surface area contributed by atoms with Crippen LogP contribution < -0.4 is 0 Å². The van der Waals surface area contributed by atoms with E-state index >= 15 is 0 Å². The van der Waals surface area contributed by atoms with E-state index in [1.54, 1.807) is 11.3 Å². The fourth-order valence-corrected chi connectivity index (χ4v) is 4.12.